The number of amides is 1. The Hall–Kier alpha value is -2.37. The number of aryl methyl sites for hydroxylation is 1. The van der Waals surface area contributed by atoms with E-state index in [2.05, 4.69) is 23.8 Å². The Balaban J connectivity index is 2.21. The second kappa shape index (κ2) is 7.26. The summed E-state index contributed by atoms with van der Waals surface area (Å²) in [6.45, 7) is 8.96. The topological polar surface area (TPSA) is 85.2 Å². The van der Waals surface area contributed by atoms with Crippen molar-refractivity contribution in [1.82, 2.24) is 14.9 Å². The number of nitrogens with zero attached hydrogens (tertiary/aromatic N) is 3. The van der Waals surface area contributed by atoms with E-state index in [1.165, 1.54) is 0 Å². The second-order valence-corrected chi connectivity index (χ2v) is 6.03. The minimum absolute atomic E-state index is 0.136. The van der Waals surface area contributed by atoms with Crippen molar-refractivity contribution in [3.05, 3.63) is 41.1 Å². The molecule has 0 atom stereocenters. The maximum absolute atomic E-state index is 12.7. The third-order valence-electron chi connectivity index (χ3n) is 3.44. The molecule has 2 heterocycles. The van der Waals surface area contributed by atoms with Crippen molar-refractivity contribution < 1.29 is 9.21 Å². The van der Waals surface area contributed by atoms with Gasteiger partial charge >= 0.3 is 0 Å². The number of nitrogens with two attached hydrogens (primary N) is 1. The fourth-order valence-electron chi connectivity index (χ4n) is 2.40. The van der Waals surface area contributed by atoms with Crippen molar-refractivity contribution in [2.45, 2.75) is 40.7 Å². The van der Waals surface area contributed by atoms with Gasteiger partial charge in [0.1, 0.15) is 17.2 Å². The molecule has 2 aromatic heterocycles. The van der Waals surface area contributed by atoms with Crippen LogP contribution >= 0.6 is 0 Å². The lowest BCUT2D eigenvalue weighted by molar-refractivity contribution is 0.0734. The summed E-state index contributed by atoms with van der Waals surface area (Å²) in [6.07, 6.45) is 0.760. The number of rotatable bonds is 6. The van der Waals surface area contributed by atoms with Gasteiger partial charge in [0.25, 0.3) is 5.91 Å². The molecule has 0 saturated carbocycles. The highest BCUT2D eigenvalue weighted by Crippen LogP contribution is 2.14. The number of hydrogen-bond acceptors (Lipinski definition) is 5. The van der Waals surface area contributed by atoms with Gasteiger partial charge in [-0.05, 0) is 44.4 Å². The molecule has 0 bridgehead atoms. The standard InChI is InChI=1S/C17H24N4O2/c1-5-21(10-14-7-6-12(4)23-14)16(22)15-9-13(8-11(2)3)19-17(18)20-15/h6-7,9,11H,5,8,10H2,1-4H3,(H2,18,19,20). The van der Waals surface area contributed by atoms with Gasteiger partial charge in [0.05, 0.1) is 6.54 Å². The summed E-state index contributed by atoms with van der Waals surface area (Å²) in [4.78, 5) is 22.7. The van der Waals surface area contributed by atoms with Crippen LogP contribution in [0.4, 0.5) is 5.95 Å². The van der Waals surface area contributed by atoms with Crippen LogP contribution < -0.4 is 5.73 Å². The minimum atomic E-state index is -0.166. The van der Waals surface area contributed by atoms with Gasteiger partial charge in [-0.25, -0.2) is 9.97 Å². The van der Waals surface area contributed by atoms with Gasteiger partial charge < -0.3 is 15.1 Å². The van der Waals surface area contributed by atoms with Gasteiger partial charge in [-0.1, -0.05) is 13.8 Å². The molecule has 0 aromatic carbocycles. The van der Waals surface area contributed by atoms with Crippen molar-refractivity contribution in [1.29, 1.82) is 0 Å². The van der Waals surface area contributed by atoms with E-state index in [4.69, 9.17) is 10.2 Å². The van der Waals surface area contributed by atoms with E-state index >= 15 is 0 Å². The predicted octanol–water partition coefficient (Wildman–Crippen LogP) is 2.82. The van der Waals surface area contributed by atoms with Crippen LogP contribution in [0.5, 0.6) is 0 Å². The monoisotopic (exact) mass is 316 g/mol. The number of hydrogen-bond donors (Lipinski definition) is 1. The van der Waals surface area contributed by atoms with Gasteiger partial charge in [0.2, 0.25) is 5.95 Å². The third-order valence-corrected chi connectivity index (χ3v) is 3.44. The summed E-state index contributed by atoms with van der Waals surface area (Å²) in [5.74, 6) is 1.98. The van der Waals surface area contributed by atoms with Crippen LogP contribution in [0.3, 0.4) is 0 Å². The minimum Gasteiger partial charge on any atom is -0.464 e. The van der Waals surface area contributed by atoms with Crippen molar-refractivity contribution in [3.63, 3.8) is 0 Å². The molecule has 0 radical (unpaired) electrons. The summed E-state index contributed by atoms with van der Waals surface area (Å²) >= 11 is 0. The number of carbonyl (C=O) groups is 1. The third kappa shape index (κ3) is 4.55. The van der Waals surface area contributed by atoms with Crippen molar-refractivity contribution in [3.8, 4) is 0 Å². The SMILES string of the molecule is CCN(Cc1ccc(C)o1)C(=O)c1cc(CC(C)C)nc(N)n1. The molecule has 6 nitrogen and oxygen atoms in total. The molecule has 2 aromatic rings. The molecular formula is C17H24N4O2. The maximum Gasteiger partial charge on any atom is 0.273 e. The first-order valence-corrected chi connectivity index (χ1v) is 7.87. The van der Waals surface area contributed by atoms with Crippen LogP contribution in [-0.2, 0) is 13.0 Å². The van der Waals surface area contributed by atoms with E-state index in [1.807, 2.05) is 26.0 Å². The molecule has 0 spiro atoms. The molecule has 23 heavy (non-hydrogen) atoms. The molecule has 0 unspecified atom stereocenters. The van der Waals surface area contributed by atoms with E-state index in [1.54, 1.807) is 11.0 Å². The zero-order valence-corrected chi connectivity index (χ0v) is 14.2. The van der Waals surface area contributed by atoms with Crippen LogP contribution in [0.25, 0.3) is 0 Å². The van der Waals surface area contributed by atoms with Crippen LogP contribution in [0.2, 0.25) is 0 Å². The quantitative estimate of drug-likeness (QED) is 0.885. The van der Waals surface area contributed by atoms with E-state index in [0.29, 0.717) is 24.7 Å². The Kier molecular flexibility index (Phi) is 5.36. The highest BCUT2D eigenvalue weighted by Gasteiger charge is 2.19. The molecule has 0 saturated heterocycles. The molecule has 1 amide bonds. The van der Waals surface area contributed by atoms with Crippen LogP contribution in [0.15, 0.2) is 22.6 Å². The Bertz CT molecular complexity index is 679. The normalized spacial score (nSPS) is 11.0. The van der Waals surface area contributed by atoms with Crippen molar-refractivity contribution in [2.24, 2.45) is 5.92 Å². The summed E-state index contributed by atoms with van der Waals surface area (Å²) in [6, 6.07) is 5.50. The average Bonchev–Trinajstić information content (AvgIpc) is 2.88. The van der Waals surface area contributed by atoms with Gasteiger partial charge in [-0.3, -0.25) is 4.79 Å². The zero-order chi connectivity index (χ0) is 17.0. The lowest BCUT2D eigenvalue weighted by Gasteiger charge is -2.19. The zero-order valence-electron chi connectivity index (χ0n) is 14.2. The van der Waals surface area contributed by atoms with Crippen LogP contribution in [0.1, 0.15) is 48.5 Å². The molecule has 0 aliphatic heterocycles. The summed E-state index contributed by atoms with van der Waals surface area (Å²) < 4.78 is 5.55. The van der Waals surface area contributed by atoms with E-state index in [0.717, 1.165) is 23.6 Å². The first-order chi connectivity index (χ1) is 10.9. The Labute approximate surface area is 136 Å². The number of furan rings is 1. The van der Waals surface area contributed by atoms with Crippen molar-refractivity contribution >= 4 is 11.9 Å². The van der Waals surface area contributed by atoms with Crippen LogP contribution in [0, 0.1) is 12.8 Å². The van der Waals surface area contributed by atoms with Gasteiger partial charge in [0, 0.05) is 12.2 Å². The molecule has 2 N–H and O–H groups in total. The van der Waals surface area contributed by atoms with Gasteiger partial charge in [-0.15, -0.1) is 0 Å². The van der Waals surface area contributed by atoms with E-state index in [-0.39, 0.29) is 11.9 Å². The first-order valence-electron chi connectivity index (χ1n) is 7.87. The Morgan fingerprint density at radius 2 is 2.09 bits per heavy atom. The fraction of sp³-hybridized carbons (Fsp3) is 0.471. The first kappa shape index (κ1) is 17.0. The lowest BCUT2D eigenvalue weighted by Crippen LogP contribution is -2.31. The largest absolute Gasteiger partial charge is 0.464 e. The molecule has 0 fully saturated rings. The van der Waals surface area contributed by atoms with E-state index in [9.17, 15) is 4.79 Å². The van der Waals surface area contributed by atoms with Crippen molar-refractivity contribution in [2.75, 3.05) is 12.3 Å². The van der Waals surface area contributed by atoms with E-state index < -0.39 is 0 Å². The number of aromatic nitrogens is 2. The maximum atomic E-state index is 12.7. The molecule has 124 valence electrons. The average molecular weight is 316 g/mol. The molecule has 0 aliphatic carbocycles. The number of carbonyl (C=O) groups excluding carboxylic acids is 1. The molecular weight excluding hydrogens is 292 g/mol. The summed E-state index contributed by atoms with van der Waals surface area (Å²) in [5, 5.41) is 0. The van der Waals surface area contributed by atoms with Gasteiger partial charge in [-0.2, -0.15) is 0 Å². The molecule has 0 aliphatic rings. The highest BCUT2D eigenvalue weighted by atomic mass is 16.3. The highest BCUT2D eigenvalue weighted by molar-refractivity contribution is 5.92. The Morgan fingerprint density at radius 1 is 1.35 bits per heavy atom. The van der Waals surface area contributed by atoms with Gasteiger partial charge in [0.15, 0.2) is 0 Å². The number of nitrogen functional groups attached to an aromatic ring is 1. The Morgan fingerprint density at radius 3 is 2.65 bits per heavy atom. The smallest absolute Gasteiger partial charge is 0.273 e. The lowest BCUT2D eigenvalue weighted by atomic mass is 10.1. The molecule has 2 rings (SSSR count). The fourth-order valence-corrected chi connectivity index (χ4v) is 2.40. The summed E-state index contributed by atoms with van der Waals surface area (Å²) in [7, 11) is 0. The van der Waals surface area contributed by atoms with Crippen LogP contribution in [-0.4, -0.2) is 27.3 Å². The second-order valence-electron chi connectivity index (χ2n) is 6.03. The number of anilines is 1. The predicted molar refractivity (Wildman–Crippen MR) is 88.8 cm³/mol. The molecule has 6 heteroatoms. The summed E-state index contributed by atoms with van der Waals surface area (Å²) in [5.41, 5.74) is 6.88.